The molecule has 0 amide bonds. The van der Waals surface area contributed by atoms with Gasteiger partial charge < -0.3 is 5.32 Å². The van der Waals surface area contributed by atoms with Crippen molar-refractivity contribution >= 4 is 0 Å². The van der Waals surface area contributed by atoms with E-state index < -0.39 is 0 Å². The summed E-state index contributed by atoms with van der Waals surface area (Å²) in [6.45, 7) is 2.44. The van der Waals surface area contributed by atoms with Gasteiger partial charge in [0.05, 0.1) is 0 Å². The minimum Gasteiger partial charge on any atom is -0.316 e. The predicted molar refractivity (Wildman–Crippen MR) is 56.8 cm³/mol. The molecule has 1 saturated heterocycles. The van der Waals surface area contributed by atoms with Crippen LogP contribution in [0.25, 0.3) is 0 Å². The summed E-state index contributed by atoms with van der Waals surface area (Å²) in [6.07, 6.45) is 11.3. The van der Waals surface area contributed by atoms with Crippen LogP contribution in [0.1, 0.15) is 51.4 Å². The van der Waals surface area contributed by atoms with Crippen LogP contribution in [0.15, 0.2) is 11.1 Å². The average molecular weight is 179 g/mol. The van der Waals surface area contributed by atoms with Crippen molar-refractivity contribution in [2.45, 2.75) is 51.4 Å². The van der Waals surface area contributed by atoms with Crippen LogP contribution in [0.4, 0.5) is 0 Å². The molecule has 1 N–H and O–H groups in total. The third-order valence-corrected chi connectivity index (χ3v) is 3.41. The molecule has 13 heavy (non-hydrogen) atoms. The van der Waals surface area contributed by atoms with Crippen molar-refractivity contribution in [3.63, 3.8) is 0 Å². The lowest BCUT2D eigenvalue weighted by atomic mass is 9.94. The van der Waals surface area contributed by atoms with E-state index in [9.17, 15) is 0 Å². The first-order valence-corrected chi connectivity index (χ1v) is 5.87. The van der Waals surface area contributed by atoms with Gasteiger partial charge >= 0.3 is 0 Å². The van der Waals surface area contributed by atoms with Gasteiger partial charge in [-0.15, -0.1) is 0 Å². The molecule has 0 aromatic heterocycles. The number of rotatable bonds is 0. The summed E-state index contributed by atoms with van der Waals surface area (Å²) in [7, 11) is 0. The molecule has 0 radical (unpaired) electrons. The van der Waals surface area contributed by atoms with Crippen LogP contribution >= 0.6 is 0 Å². The van der Waals surface area contributed by atoms with E-state index in [0.717, 1.165) is 0 Å². The third kappa shape index (κ3) is 2.57. The maximum atomic E-state index is 3.44. The molecule has 2 rings (SSSR count). The Morgan fingerprint density at radius 1 is 0.615 bits per heavy atom. The quantitative estimate of drug-likeness (QED) is 0.445. The van der Waals surface area contributed by atoms with Crippen LogP contribution in [-0.4, -0.2) is 13.1 Å². The molecular weight excluding hydrogens is 158 g/mol. The van der Waals surface area contributed by atoms with Crippen LogP contribution < -0.4 is 5.32 Å². The maximum absolute atomic E-state index is 3.44. The zero-order chi connectivity index (χ0) is 8.93. The highest BCUT2D eigenvalue weighted by Crippen LogP contribution is 2.28. The Morgan fingerprint density at radius 2 is 1.15 bits per heavy atom. The Labute approximate surface area is 81.6 Å². The van der Waals surface area contributed by atoms with Crippen molar-refractivity contribution in [3.8, 4) is 0 Å². The average Bonchev–Trinajstić information content (AvgIpc) is 2.47. The summed E-state index contributed by atoms with van der Waals surface area (Å²) in [5.74, 6) is 0. The normalized spacial score (nSPS) is 25.8. The number of hydrogen-bond donors (Lipinski definition) is 1. The summed E-state index contributed by atoms with van der Waals surface area (Å²) in [6, 6.07) is 0. The first-order chi connectivity index (χ1) is 6.47. The summed E-state index contributed by atoms with van der Waals surface area (Å²) in [5, 5.41) is 3.44. The fourth-order valence-electron chi connectivity index (χ4n) is 2.59. The van der Waals surface area contributed by atoms with Crippen molar-refractivity contribution in [3.05, 3.63) is 11.1 Å². The second kappa shape index (κ2) is 4.80. The molecule has 0 aromatic rings. The summed E-state index contributed by atoms with van der Waals surface area (Å²) in [4.78, 5) is 0. The first-order valence-electron chi connectivity index (χ1n) is 5.87. The summed E-state index contributed by atoms with van der Waals surface area (Å²) < 4.78 is 0. The van der Waals surface area contributed by atoms with Gasteiger partial charge in [0.2, 0.25) is 0 Å². The second-order valence-corrected chi connectivity index (χ2v) is 4.37. The van der Waals surface area contributed by atoms with Crippen LogP contribution in [0.3, 0.4) is 0 Å². The molecular formula is C12H21N. The Morgan fingerprint density at radius 3 is 1.77 bits per heavy atom. The van der Waals surface area contributed by atoms with E-state index in [2.05, 4.69) is 5.32 Å². The molecule has 2 fully saturated rings. The summed E-state index contributed by atoms with van der Waals surface area (Å²) in [5.41, 5.74) is 3.64. The SMILES string of the molecule is C1CCCC(=C2CCNCC2)CC1. The smallest absolute Gasteiger partial charge is 0.00114 e. The fourth-order valence-corrected chi connectivity index (χ4v) is 2.59. The second-order valence-electron chi connectivity index (χ2n) is 4.37. The molecule has 0 aromatic carbocycles. The van der Waals surface area contributed by atoms with E-state index in [-0.39, 0.29) is 0 Å². The first kappa shape index (κ1) is 9.26. The Hall–Kier alpha value is -0.300. The molecule has 0 bridgehead atoms. The van der Waals surface area contributed by atoms with Crippen molar-refractivity contribution in [2.24, 2.45) is 0 Å². The number of nitrogens with one attached hydrogen (secondary N) is 1. The lowest BCUT2D eigenvalue weighted by molar-refractivity contribution is 0.596. The number of allylic oxidation sites excluding steroid dienone is 1. The van der Waals surface area contributed by atoms with E-state index in [4.69, 9.17) is 0 Å². The standard InChI is InChI=1S/C12H21N/c1-2-4-6-11(5-3-1)12-7-9-13-10-8-12/h13H,1-10H2. The molecule has 1 nitrogen and oxygen atoms in total. The zero-order valence-corrected chi connectivity index (χ0v) is 8.57. The number of hydrogen-bond acceptors (Lipinski definition) is 1. The van der Waals surface area contributed by atoms with Gasteiger partial charge in [-0.1, -0.05) is 24.0 Å². The highest BCUT2D eigenvalue weighted by atomic mass is 14.9. The minimum absolute atomic E-state index is 1.22. The van der Waals surface area contributed by atoms with Gasteiger partial charge in [0.25, 0.3) is 0 Å². The minimum atomic E-state index is 1.22. The van der Waals surface area contributed by atoms with Gasteiger partial charge in [0.15, 0.2) is 0 Å². The highest BCUT2D eigenvalue weighted by molar-refractivity contribution is 5.17. The lowest BCUT2D eigenvalue weighted by Crippen LogP contribution is -2.23. The van der Waals surface area contributed by atoms with Gasteiger partial charge in [-0.25, -0.2) is 0 Å². The van der Waals surface area contributed by atoms with E-state index in [1.807, 2.05) is 5.57 Å². The van der Waals surface area contributed by atoms with E-state index >= 15 is 0 Å². The molecule has 1 heteroatoms. The molecule has 2 aliphatic rings. The van der Waals surface area contributed by atoms with Crippen LogP contribution in [0.5, 0.6) is 0 Å². The molecule has 1 saturated carbocycles. The topological polar surface area (TPSA) is 12.0 Å². The van der Waals surface area contributed by atoms with Gasteiger partial charge in [0.1, 0.15) is 0 Å². The Bertz CT molecular complexity index is 175. The predicted octanol–water partition coefficient (Wildman–Crippen LogP) is 3.02. The molecule has 0 spiro atoms. The monoisotopic (exact) mass is 179 g/mol. The molecule has 1 aliphatic carbocycles. The molecule has 1 aliphatic heterocycles. The van der Waals surface area contributed by atoms with Crippen LogP contribution in [-0.2, 0) is 0 Å². The van der Waals surface area contributed by atoms with Crippen molar-refractivity contribution in [2.75, 3.05) is 13.1 Å². The lowest BCUT2D eigenvalue weighted by Gasteiger charge is -2.19. The van der Waals surface area contributed by atoms with Crippen molar-refractivity contribution in [1.82, 2.24) is 5.32 Å². The fraction of sp³-hybridized carbons (Fsp3) is 0.833. The summed E-state index contributed by atoms with van der Waals surface area (Å²) >= 11 is 0. The van der Waals surface area contributed by atoms with Crippen molar-refractivity contribution < 1.29 is 0 Å². The van der Waals surface area contributed by atoms with E-state index in [0.29, 0.717) is 0 Å². The third-order valence-electron chi connectivity index (χ3n) is 3.41. The van der Waals surface area contributed by atoms with Crippen molar-refractivity contribution in [1.29, 1.82) is 0 Å². The van der Waals surface area contributed by atoms with Gasteiger partial charge in [-0.3, -0.25) is 0 Å². The van der Waals surface area contributed by atoms with Gasteiger partial charge in [-0.05, 0) is 51.6 Å². The molecule has 74 valence electrons. The molecule has 0 atom stereocenters. The van der Waals surface area contributed by atoms with E-state index in [1.54, 1.807) is 5.57 Å². The largest absolute Gasteiger partial charge is 0.316 e. The van der Waals surface area contributed by atoms with Gasteiger partial charge in [0, 0.05) is 0 Å². The zero-order valence-electron chi connectivity index (χ0n) is 8.57. The maximum Gasteiger partial charge on any atom is -0.00114 e. The Kier molecular flexibility index (Phi) is 3.42. The molecule has 1 heterocycles. The van der Waals surface area contributed by atoms with Crippen LogP contribution in [0, 0.1) is 0 Å². The van der Waals surface area contributed by atoms with E-state index in [1.165, 1.54) is 64.5 Å². The number of piperidine rings is 1. The highest BCUT2D eigenvalue weighted by Gasteiger charge is 2.12. The molecule has 0 unspecified atom stereocenters. The van der Waals surface area contributed by atoms with Crippen LogP contribution in [0.2, 0.25) is 0 Å². The Balaban J connectivity index is 2.00. The van der Waals surface area contributed by atoms with Gasteiger partial charge in [-0.2, -0.15) is 0 Å².